The maximum atomic E-state index is 3.48. The monoisotopic (exact) mass is 297 g/mol. The van der Waals surface area contributed by atoms with Crippen LogP contribution in [0.3, 0.4) is 0 Å². The van der Waals surface area contributed by atoms with Gasteiger partial charge in [-0.05, 0) is 30.5 Å². The first-order valence-corrected chi connectivity index (χ1v) is 7.75. The molecular weight excluding hydrogens is 282 g/mol. The third-order valence-electron chi connectivity index (χ3n) is 3.61. The third-order valence-corrected chi connectivity index (χ3v) is 5.53. The van der Waals surface area contributed by atoms with E-state index in [0.717, 1.165) is 11.3 Å². The molecular formula is C13H16BrNS. The van der Waals surface area contributed by atoms with Gasteiger partial charge in [-0.1, -0.05) is 28.1 Å². The van der Waals surface area contributed by atoms with Crippen molar-refractivity contribution < 1.29 is 0 Å². The molecule has 2 aliphatic rings. The standard InChI is InChI=1S/C13H16BrNS/c14-11-3-1-10(2-4-11)5-6-15-8-13-7-12(15)9-16-13/h1-4,12-13H,5-9H2. The Balaban J connectivity index is 1.55. The summed E-state index contributed by atoms with van der Waals surface area (Å²) in [5.41, 5.74) is 1.46. The van der Waals surface area contributed by atoms with Crippen LogP contribution in [0, 0.1) is 0 Å². The van der Waals surface area contributed by atoms with Crippen LogP contribution in [0.15, 0.2) is 28.7 Å². The van der Waals surface area contributed by atoms with Gasteiger partial charge in [0.2, 0.25) is 0 Å². The van der Waals surface area contributed by atoms with Crippen molar-refractivity contribution in [2.45, 2.75) is 24.1 Å². The van der Waals surface area contributed by atoms with E-state index in [9.17, 15) is 0 Å². The molecule has 3 rings (SSSR count). The lowest BCUT2D eigenvalue weighted by Crippen LogP contribution is -2.35. The molecule has 16 heavy (non-hydrogen) atoms. The Labute approximate surface area is 110 Å². The molecule has 2 atom stereocenters. The zero-order chi connectivity index (χ0) is 11.0. The Morgan fingerprint density at radius 1 is 1.31 bits per heavy atom. The van der Waals surface area contributed by atoms with E-state index in [1.165, 1.54) is 41.7 Å². The van der Waals surface area contributed by atoms with Crippen LogP contribution in [0.2, 0.25) is 0 Å². The average molecular weight is 298 g/mol. The molecule has 0 N–H and O–H groups in total. The Morgan fingerprint density at radius 3 is 2.75 bits per heavy atom. The molecule has 86 valence electrons. The topological polar surface area (TPSA) is 3.24 Å². The molecule has 1 aromatic rings. The highest BCUT2D eigenvalue weighted by Gasteiger charge is 2.37. The van der Waals surface area contributed by atoms with Gasteiger partial charge in [-0.15, -0.1) is 0 Å². The summed E-state index contributed by atoms with van der Waals surface area (Å²) in [4.78, 5) is 2.68. The molecule has 2 saturated heterocycles. The number of benzene rings is 1. The maximum Gasteiger partial charge on any atom is 0.0198 e. The van der Waals surface area contributed by atoms with Crippen molar-refractivity contribution in [3.05, 3.63) is 34.3 Å². The van der Waals surface area contributed by atoms with E-state index in [1.54, 1.807) is 0 Å². The SMILES string of the molecule is Brc1ccc(CCN2CC3CC2CS3)cc1. The van der Waals surface area contributed by atoms with Gasteiger partial charge in [0.1, 0.15) is 0 Å². The number of hydrogen-bond acceptors (Lipinski definition) is 2. The minimum Gasteiger partial charge on any atom is -0.298 e. The Bertz CT molecular complexity index is 365. The fourth-order valence-electron chi connectivity index (χ4n) is 2.68. The largest absolute Gasteiger partial charge is 0.298 e. The highest BCUT2D eigenvalue weighted by atomic mass is 79.9. The highest BCUT2D eigenvalue weighted by molar-refractivity contribution is 9.10. The summed E-state index contributed by atoms with van der Waals surface area (Å²) in [6.07, 6.45) is 2.63. The molecule has 0 amide bonds. The van der Waals surface area contributed by atoms with Crippen molar-refractivity contribution in [2.75, 3.05) is 18.8 Å². The number of hydrogen-bond donors (Lipinski definition) is 0. The van der Waals surface area contributed by atoms with Gasteiger partial charge >= 0.3 is 0 Å². The first-order chi connectivity index (χ1) is 7.81. The van der Waals surface area contributed by atoms with Crippen LogP contribution in [0.4, 0.5) is 0 Å². The van der Waals surface area contributed by atoms with Crippen LogP contribution < -0.4 is 0 Å². The van der Waals surface area contributed by atoms with Gasteiger partial charge in [-0.2, -0.15) is 11.8 Å². The lowest BCUT2D eigenvalue weighted by atomic mass is 10.1. The minimum absolute atomic E-state index is 0.880. The molecule has 1 nitrogen and oxygen atoms in total. The average Bonchev–Trinajstić information content (AvgIpc) is 2.90. The zero-order valence-electron chi connectivity index (χ0n) is 9.23. The maximum absolute atomic E-state index is 3.48. The van der Waals surface area contributed by atoms with E-state index in [0.29, 0.717) is 0 Å². The lowest BCUT2D eigenvalue weighted by Gasteiger charge is -2.26. The molecule has 2 aliphatic heterocycles. The van der Waals surface area contributed by atoms with Crippen LogP contribution in [-0.2, 0) is 6.42 Å². The fraction of sp³-hybridized carbons (Fsp3) is 0.538. The molecule has 2 fully saturated rings. The quantitative estimate of drug-likeness (QED) is 0.843. The smallest absolute Gasteiger partial charge is 0.0198 e. The normalized spacial score (nSPS) is 28.8. The number of nitrogens with zero attached hydrogens (tertiary/aromatic N) is 1. The molecule has 2 heterocycles. The number of rotatable bonds is 3. The van der Waals surface area contributed by atoms with Crippen LogP contribution >= 0.6 is 27.7 Å². The van der Waals surface area contributed by atoms with Gasteiger partial charge in [-0.3, -0.25) is 4.90 Å². The van der Waals surface area contributed by atoms with Gasteiger partial charge in [0, 0.05) is 34.6 Å². The molecule has 0 saturated carbocycles. The van der Waals surface area contributed by atoms with Gasteiger partial charge < -0.3 is 0 Å². The van der Waals surface area contributed by atoms with E-state index in [-0.39, 0.29) is 0 Å². The van der Waals surface area contributed by atoms with E-state index in [2.05, 4.69) is 56.9 Å². The molecule has 2 bridgehead atoms. The summed E-state index contributed by atoms with van der Waals surface area (Å²) in [5, 5.41) is 0.940. The Morgan fingerprint density at radius 2 is 2.12 bits per heavy atom. The number of halogens is 1. The second-order valence-electron chi connectivity index (χ2n) is 4.72. The second kappa shape index (κ2) is 4.71. The summed E-state index contributed by atoms with van der Waals surface area (Å²) in [6.45, 7) is 2.56. The van der Waals surface area contributed by atoms with Gasteiger partial charge in [0.15, 0.2) is 0 Å². The first-order valence-electron chi connectivity index (χ1n) is 5.91. The van der Waals surface area contributed by atoms with Crippen molar-refractivity contribution in [1.82, 2.24) is 4.90 Å². The van der Waals surface area contributed by atoms with E-state index >= 15 is 0 Å². The molecule has 0 spiro atoms. The third kappa shape index (κ3) is 2.31. The molecule has 1 aromatic carbocycles. The molecule has 0 aliphatic carbocycles. The van der Waals surface area contributed by atoms with Crippen molar-refractivity contribution in [2.24, 2.45) is 0 Å². The highest BCUT2D eigenvalue weighted by Crippen LogP contribution is 2.37. The van der Waals surface area contributed by atoms with Crippen LogP contribution in [-0.4, -0.2) is 35.0 Å². The van der Waals surface area contributed by atoms with E-state index in [1.807, 2.05) is 0 Å². The van der Waals surface area contributed by atoms with Crippen LogP contribution in [0.5, 0.6) is 0 Å². The van der Waals surface area contributed by atoms with Gasteiger partial charge in [0.05, 0.1) is 0 Å². The number of fused-ring (bicyclic) bond motifs is 2. The van der Waals surface area contributed by atoms with Crippen molar-refractivity contribution in [3.8, 4) is 0 Å². The number of likely N-dealkylation sites (tertiary alicyclic amines) is 1. The summed E-state index contributed by atoms with van der Waals surface area (Å²) in [6, 6.07) is 9.62. The summed E-state index contributed by atoms with van der Waals surface area (Å²) in [7, 11) is 0. The fourth-order valence-corrected chi connectivity index (χ4v) is 4.44. The second-order valence-corrected chi connectivity index (χ2v) is 6.97. The number of thioether (sulfide) groups is 1. The van der Waals surface area contributed by atoms with Crippen LogP contribution in [0.25, 0.3) is 0 Å². The molecule has 3 heteroatoms. The zero-order valence-corrected chi connectivity index (χ0v) is 11.6. The van der Waals surface area contributed by atoms with E-state index < -0.39 is 0 Å². The van der Waals surface area contributed by atoms with Gasteiger partial charge in [0.25, 0.3) is 0 Å². The predicted octanol–water partition coefficient (Wildman–Crippen LogP) is 3.18. The molecule has 2 unspecified atom stereocenters. The predicted molar refractivity (Wildman–Crippen MR) is 74.1 cm³/mol. The van der Waals surface area contributed by atoms with Crippen molar-refractivity contribution in [3.63, 3.8) is 0 Å². The summed E-state index contributed by atoms with van der Waals surface area (Å²) < 4.78 is 1.17. The van der Waals surface area contributed by atoms with Crippen LogP contribution in [0.1, 0.15) is 12.0 Å². The molecule has 0 aromatic heterocycles. The summed E-state index contributed by atoms with van der Waals surface area (Å²) >= 11 is 5.65. The minimum atomic E-state index is 0.880. The lowest BCUT2D eigenvalue weighted by molar-refractivity contribution is 0.273. The van der Waals surface area contributed by atoms with E-state index in [4.69, 9.17) is 0 Å². The van der Waals surface area contributed by atoms with Gasteiger partial charge in [-0.25, -0.2) is 0 Å². The Hall–Kier alpha value is 0.01000. The first kappa shape index (κ1) is 11.1. The Kier molecular flexibility index (Phi) is 3.27. The molecule has 0 radical (unpaired) electrons. The summed E-state index contributed by atoms with van der Waals surface area (Å²) in [5.74, 6) is 1.37. The van der Waals surface area contributed by atoms with Crippen molar-refractivity contribution >= 4 is 27.7 Å². The van der Waals surface area contributed by atoms with Crippen molar-refractivity contribution in [1.29, 1.82) is 0 Å².